The van der Waals surface area contributed by atoms with E-state index in [2.05, 4.69) is 31.4 Å². The lowest BCUT2D eigenvalue weighted by atomic mass is 10.1. The number of hydrogen-bond acceptors (Lipinski definition) is 4. The standard InChI is InChI=1S/C17H17BrClN5O2/c1-12(8-23-9-13(18)6-20-23)17(25)22-15-7-21-24(10-15)11-26-16-4-2-3-14(19)5-16/h2-7,9-10,12H,8,11H2,1H3,(H,22,25). The summed E-state index contributed by atoms with van der Waals surface area (Å²) in [6, 6.07) is 7.13. The van der Waals surface area contributed by atoms with Crippen LogP contribution in [0.15, 0.2) is 53.5 Å². The number of ether oxygens (including phenoxy) is 1. The largest absolute Gasteiger partial charge is 0.471 e. The fourth-order valence-electron chi connectivity index (χ4n) is 2.26. The minimum Gasteiger partial charge on any atom is -0.471 e. The van der Waals surface area contributed by atoms with Gasteiger partial charge >= 0.3 is 0 Å². The highest BCUT2D eigenvalue weighted by atomic mass is 79.9. The maximum Gasteiger partial charge on any atom is 0.229 e. The van der Waals surface area contributed by atoms with Crippen molar-refractivity contribution in [1.29, 1.82) is 0 Å². The average molecular weight is 439 g/mol. The molecule has 1 N–H and O–H groups in total. The quantitative estimate of drug-likeness (QED) is 0.609. The molecular formula is C17H17BrClN5O2. The fraction of sp³-hybridized carbons (Fsp3) is 0.235. The molecule has 26 heavy (non-hydrogen) atoms. The highest BCUT2D eigenvalue weighted by Gasteiger charge is 2.15. The molecule has 1 aromatic carbocycles. The van der Waals surface area contributed by atoms with Crippen molar-refractivity contribution < 1.29 is 9.53 Å². The van der Waals surface area contributed by atoms with Crippen LogP contribution in [-0.2, 0) is 18.1 Å². The highest BCUT2D eigenvalue weighted by Crippen LogP contribution is 2.18. The van der Waals surface area contributed by atoms with E-state index in [1.54, 1.807) is 40.1 Å². The van der Waals surface area contributed by atoms with Crippen molar-refractivity contribution in [1.82, 2.24) is 19.6 Å². The molecule has 136 valence electrons. The lowest BCUT2D eigenvalue weighted by Gasteiger charge is -2.11. The van der Waals surface area contributed by atoms with Gasteiger partial charge in [-0.3, -0.25) is 9.48 Å². The molecule has 1 amide bonds. The Hall–Kier alpha value is -2.32. The van der Waals surface area contributed by atoms with E-state index < -0.39 is 0 Å². The van der Waals surface area contributed by atoms with Crippen LogP contribution in [-0.4, -0.2) is 25.5 Å². The van der Waals surface area contributed by atoms with Gasteiger partial charge in [0.05, 0.1) is 41.2 Å². The summed E-state index contributed by atoms with van der Waals surface area (Å²) in [5.41, 5.74) is 0.609. The molecule has 2 aromatic heterocycles. The van der Waals surface area contributed by atoms with Gasteiger partial charge in [-0.25, -0.2) is 4.68 Å². The van der Waals surface area contributed by atoms with Crippen molar-refractivity contribution >= 4 is 39.1 Å². The predicted octanol–water partition coefficient (Wildman–Crippen LogP) is 3.81. The topological polar surface area (TPSA) is 74.0 Å². The predicted molar refractivity (Wildman–Crippen MR) is 102 cm³/mol. The molecular weight excluding hydrogens is 422 g/mol. The molecule has 0 spiro atoms. The monoisotopic (exact) mass is 437 g/mol. The second-order valence-electron chi connectivity index (χ2n) is 5.77. The molecule has 0 aliphatic heterocycles. The van der Waals surface area contributed by atoms with Crippen molar-refractivity contribution in [3.63, 3.8) is 0 Å². The Bertz CT molecular complexity index is 895. The Morgan fingerprint density at radius 3 is 2.85 bits per heavy atom. The fourth-order valence-corrected chi connectivity index (χ4v) is 2.77. The number of nitrogens with one attached hydrogen (secondary N) is 1. The van der Waals surface area contributed by atoms with Gasteiger partial charge in [0, 0.05) is 11.2 Å². The summed E-state index contributed by atoms with van der Waals surface area (Å²) in [7, 11) is 0. The van der Waals surface area contributed by atoms with Crippen molar-refractivity contribution in [3.8, 4) is 5.75 Å². The second-order valence-corrected chi connectivity index (χ2v) is 7.12. The van der Waals surface area contributed by atoms with E-state index >= 15 is 0 Å². The molecule has 7 nitrogen and oxygen atoms in total. The van der Waals surface area contributed by atoms with Crippen molar-refractivity contribution in [3.05, 3.63) is 58.5 Å². The molecule has 1 atom stereocenters. The number of amides is 1. The van der Waals surface area contributed by atoms with E-state index in [-0.39, 0.29) is 18.6 Å². The zero-order valence-corrected chi connectivity index (χ0v) is 16.3. The van der Waals surface area contributed by atoms with E-state index in [4.69, 9.17) is 16.3 Å². The van der Waals surface area contributed by atoms with Gasteiger partial charge in [-0.15, -0.1) is 0 Å². The number of hydrogen-bond donors (Lipinski definition) is 1. The van der Waals surface area contributed by atoms with Crippen LogP contribution in [0.3, 0.4) is 0 Å². The van der Waals surface area contributed by atoms with Gasteiger partial charge in [0.1, 0.15) is 5.75 Å². The minimum absolute atomic E-state index is 0.105. The molecule has 3 aromatic rings. The van der Waals surface area contributed by atoms with Gasteiger partial charge in [0.2, 0.25) is 5.91 Å². The summed E-state index contributed by atoms with van der Waals surface area (Å²) in [6.45, 7) is 2.55. The lowest BCUT2D eigenvalue weighted by molar-refractivity contribution is -0.119. The lowest BCUT2D eigenvalue weighted by Crippen LogP contribution is -2.24. The molecule has 0 bridgehead atoms. The van der Waals surface area contributed by atoms with Crippen LogP contribution in [0.1, 0.15) is 6.92 Å². The second kappa shape index (κ2) is 8.37. The van der Waals surface area contributed by atoms with Gasteiger partial charge in [-0.05, 0) is 34.1 Å². The summed E-state index contributed by atoms with van der Waals surface area (Å²) >= 11 is 9.26. The summed E-state index contributed by atoms with van der Waals surface area (Å²) in [5.74, 6) is 0.303. The van der Waals surface area contributed by atoms with Crippen LogP contribution in [0, 0.1) is 5.92 Å². The maximum atomic E-state index is 12.3. The first-order valence-corrected chi connectivity index (χ1v) is 9.06. The average Bonchev–Trinajstić information content (AvgIpc) is 3.22. The van der Waals surface area contributed by atoms with Gasteiger partial charge < -0.3 is 10.1 Å². The van der Waals surface area contributed by atoms with Gasteiger partial charge in [0.15, 0.2) is 6.73 Å². The van der Waals surface area contributed by atoms with Crippen LogP contribution in [0.2, 0.25) is 5.02 Å². The molecule has 3 rings (SSSR count). The summed E-state index contributed by atoms with van der Waals surface area (Å²) in [4.78, 5) is 12.3. The van der Waals surface area contributed by atoms with Crippen molar-refractivity contribution in [2.45, 2.75) is 20.2 Å². The van der Waals surface area contributed by atoms with E-state index in [0.717, 1.165) is 4.47 Å². The third kappa shape index (κ3) is 5.09. The molecule has 0 radical (unpaired) electrons. The van der Waals surface area contributed by atoms with E-state index in [1.807, 2.05) is 25.3 Å². The van der Waals surface area contributed by atoms with E-state index in [1.165, 1.54) is 0 Å². The summed E-state index contributed by atoms with van der Waals surface area (Å²) < 4.78 is 9.80. The molecule has 1 unspecified atom stereocenters. The zero-order chi connectivity index (χ0) is 18.5. The van der Waals surface area contributed by atoms with Crippen LogP contribution in [0.25, 0.3) is 0 Å². The van der Waals surface area contributed by atoms with Gasteiger partial charge in [-0.1, -0.05) is 24.6 Å². The molecule has 2 heterocycles. The Balaban J connectivity index is 1.51. The van der Waals surface area contributed by atoms with Crippen LogP contribution in [0.4, 0.5) is 5.69 Å². The molecule has 0 saturated carbocycles. The number of nitrogens with zero attached hydrogens (tertiary/aromatic N) is 4. The highest BCUT2D eigenvalue weighted by molar-refractivity contribution is 9.10. The number of aromatic nitrogens is 4. The molecule has 0 aliphatic rings. The summed E-state index contributed by atoms with van der Waals surface area (Å²) in [6.07, 6.45) is 6.81. The number of rotatable bonds is 7. The number of anilines is 1. The van der Waals surface area contributed by atoms with Crippen LogP contribution in [0.5, 0.6) is 5.75 Å². The molecule has 0 saturated heterocycles. The van der Waals surface area contributed by atoms with Crippen LogP contribution < -0.4 is 10.1 Å². The third-order valence-electron chi connectivity index (χ3n) is 3.57. The third-order valence-corrected chi connectivity index (χ3v) is 4.22. The Labute approximate surface area is 164 Å². The normalized spacial score (nSPS) is 12.0. The number of benzene rings is 1. The first kappa shape index (κ1) is 18.5. The first-order chi connectivity index (χ1) is 12.5. The molecule has 9 heteroatoms. The molecule has 0 aliphatic carbocycles. The van der Waals surface area contributed by atoms with Gasteiger partial charge in [-0.2, -0.15) is 10.2 Å². The molecule has 0 fully saturated rings. The van der Waals surface area contributed by atoms with E-state index in [0.29, 0.717) is 23.0 Å². The minimum atomic E-state index is -0.243. The van der Waals surface area contributed by atoms with Crippen LogP contribution >= 0.6 is 27.5 Å². The number of carbonyl (C=O) groups is 1. The number of halogens is 2. The summed E-state index contributed by atoms with van der Waals surface area (Å²) in [5, 5.41) is 11.8. The Morgan fingerprint density at radius 2 is 2.12 bits per heavy atom. The number of carbonyl (C=O) groups excluding carboxylic acids is 1. The van der Waals surface area contributed by atoms with Crippen molar-refractivity contribution in [2.75, 3.05) is 5.32 Å². The SMILES string of the molecule is CC(Cn1cc(Br)cn1)C(=O)Nc1cnn(COc2cccc(Cl)c2)c1. The maximum absolute atomic E-state index is 12.3. The Morgan fingerprint density at radius 1 is 1.31 bits per heavy atom. The first-order valence-electron chi connectivity index (χ1n) is 7.89. The smallest absolute Gasteiger partial charge is 0.229 e. The van der Waals surface area contributed by atoms with Gasteiger partial charge in [0.25, 0.3) is 0 Å². The van der Waals surface area contributed by atoms with Crippen molar-refractivity contribution in [2.24, 2.45) is 5.92 Å². The zero-order valence-electron chi connectivity index (χ0n) is 14.0. The Kier molecular flexibility index (Phi) is 5.95. The van der Waals surface area contributed by atoms with E-state index in [9.17, 15) is 4.79 Å².